The van der Waals surface area contributed by atoms with Crippen LogP contribution in [0.5, 0.6) is 0 Å². The van der Waals surface area contributed by atoms with Crippen LogP contribution in [0.25, 0.3) is 0 Å². The van der Waals surface area contributed by atoms with E-state index >= 15 is 0 Å². The van der Waals surface area contributed by atoms with Crippen LogP contribution in [-0.4, -0.2) is 32.1 Å². The van der Waals surface area contributed by atoms with Crippen LogP contribution in [0.15, 0.2) is 16.7 Å². The molecule has 1 N–H and O–H groups in total. The van der Waals surface area contributed by atoms with Gasteiger partial charge in [0.1, 0.15) is 5.76 Å². The number of hydrogen-bond acceptors (Lipinski definition) is 3. The van der Waals surface area contributed by atoms with Crippen molar-refractivity contribution in [3.63, 3.8) is 0 Å². The lowest BCUT2D eigenvalue weighted by atomic mass is 10.2. The lowest BCUT2D eigenvalue weighted by Gasteiger charge is -2.15. The van der Waals surface area contributed by atoms with Crippen molar-refractivity contribution in [2.45, 2.75) is 32.7 Å². The van der Waals surface area contributed by atoms with E-state index in [1.165, 1.54) is 24.8 Å². The van der Waals surface area contributed by atoms with Crippen molar-refractivity contribution >= 4 is 0 Å². The molecule has 3 heteroatoms. The molecule has 1 heterocycles. The fourth-order valence-electron chi connectivity index (χ4n) is 1.81. The van der Waals surface area contributed by atoms with Crippen LogP contribution in [0.3, 0.4) is 0 Å². The van der Waals surface area contributed by atoms with E-state index in [0.29, 0.717) is 0 Å². The minimum atomic E-state index is 0.994. The molecule has 0 aliphatic carbocycles. The number of hydrogen-bond donors (Lipinski definition) is 1. The van der Waals surface area contributed by atoms with Crippen molar-refractivity contribution in [3.05, 3.63) is 23.7 Å². The number of unbranched alkanes of at least 4 members (excludes halogenated alkanes) is 2. The molecule has 3 nitrogen and oxygen atoms in total. The fourth-order valence-corrected chi connectivity index (χ4v) is 1.81. The number of nitrogens with zero attached hydrogens (tertiary/aromatic N) is 1. The number of nitrogens with one attached hydrogen (secondary N) is 1. The maximum Gasteiger partial charge on any atom is 0.105 e. The van der Waals surface area contributed by atoms with Gasteiger partial charge in [0.25, 0.3) is 0 Å². The van der Waals surface area contributed by atoms with E-state index in [2.05, 4.69) is 23.3 Å². The highest BCUT2D eigenvalue weighted by molar-refractivity contribution is 5.14. The Kier molecular flexibility index (Phi) is 6.19. The van der Waals surface area contributed by atoms with Crippen LogP contribution in [0.2, 0.25) is 0 Å². The second-order valence-corrected chi connectivity index (χ2v) is 4.40. The summed E-state index contributed by atoms with van der Waals surface area (Å²) in [5.41, 5.74) is 1.30. The average Bonchev–Trinajstić information content (AvgIpc) is 2.64. The topological polar surface area (TPSA) is 28.4 Å². The third-order valence-electron chi connectivity index (χ3n) is 2.87. The zero-order valence-corrected chi connectivity index (χ0v) is 10.8. The second-order valence-electron chi connectivity index (χ2n) is 4.40. The predicted octanol–water partition coefficient (Wildman–Crippen LogP) is 2.41. The van der Waals surface area contributed by atoms with E-state index in [4.69, 9.17) is 4.42 Å². The van der Waals surface area contributed by atoms with Gasteiger partial charge in [-0.2, -0.15) is 0 Å². The highest BCUT2D eigenvalue weighted by Gasteiger charge is 2.04. The zero-order chi connectivity index (χ0) is 11.8. The molecule has 0 aliphatic rings. The highest BCUT2D eigenvalue weighted by Crippen LogP contribution is 2.11. The summed E-state index contributed by atoms with van der Waals surface area (Å²) in [6.45, 7) is 5.31. The summed E-state index contributed by atoms with van der Waals surface area (Å²) in [6, 6.07) is 2.06. The molecule has 0 aromatic carbocycles. The van der Waals surface area contributed by atoms with Gasteiger partial charge in [-0.05, 0) is 53.0 Å². The molecule has 0 saturated heterocycles. The molecule has 0 spiro atoms. The molecule has 0 fully saturated rings. The lowest BCUT2D eigenvalue weighted by molar-refractivity contribution is 0.314. The van der Waals surface area contributed by atoms with Crippen molar-refractivity contribution in [3.8, 4) is 0 Å². The van der Waals surface area contributed by atoms with Crippen molar-refractivity contribution in [2.24, 2.45) is 0 Å². The van der Waals surface area contributed by atoms with Crippen molar-refractivity contribution in [2.75, 3.05) is 27.2 Å². The first-order chi connectivity index (χ1) is 7.74. The average molecular weight is 224 g/mol. The van der Waals surface area contributed by atoms with Gasteiger partial charge in [-0.3, -0.25) is 0 Å². The van der Waals surface area contributed by atoms with E-state index in [9.17, 15) is 0 Å². The Hall–Kier alpha value is -0.800. The van der Waals surface area contributed by atoms with Gasteiger partial charge in [0.15, 0.2) is 0 Å². The minimum Gasteiger partial charge on any atom is -0.469 e. The Bertz CT molecular complexity index is 283. The van der Waals surface area contributed by atoms with Crippen LogP contribution in [0.4, 0.5) is 0 Å². The molecule has 1 aromatic heterocycles. The zero-order valence-electron chi connectivity index (χ0n) is 10.8. The van der Waals surface area contributed by atoms with Crippen LogP contribution >= 0.6 is 0 Å². The maximum atomic E-state index is 5.29. The second kappa shape index (κ2) is 7.47. The molecule has 0 unspecified atom stereocenters. The van der Waals surface area contributed by atoms with Gasteiger partial charge in [0.05, 0.1) is 6.26 Å². The highest BCUT2D eigenvalue weighted by atomic mass is 16.3. The van der Waals surface area contributed by atoms with Gasteiger partial charge < -0.3 is 14.6 Å². The fraction of sp³-hybridized carbons (Fsp3) is 0.692. The summed E-state index contributed by atoms with van der Waals surface area (Å²) < 4.78 is 5.29. The first-order valence-corrected chi connectivity index (χ1v) is 6.10. The van der Waals surface area contributed by atoms with E-state index in [1.807, 2.05) is 14.0 Å². The van der Waals surface area contributed by atoms with Crippen LogP contribution < -0.4 is 5.32 Å². The standard InChI is InChI=1S/C13H24N2O/c1-12-13(7-10-16-12)11-15(3)9-6-4-5-8-14-2/h7,10,14H,4-6,8-9,11H2,1-3H3. The summed E-state index contributed by atoms with van der Waals surface area (Å²) in [4.78, 5) is 2.36. The Morgan fingerprint density at radius 3 is 2.75 bits per heavy atom. The number of furan rings is 1. The van der Waals surface area contributed by atoms with Crippen molar-refractivity contribution in [1.82, 2.24) is 10.2 Å². The smallest absolute Gasteiger partial charge is 0.105 e. The normalized spacial score (nSPS) is 11.2. The summed E-state index contributed by atoms with van der Waals surface area (Å²) in [5.74, 6) is 1.04. The summed E-state index contributed by atoms with van der Waals surface area (Å²) >= 11 is 0. The van der Waals surface area contributed by atoms with E-state index in [1.54, 1.807) is 6.26 Å². The third kappa shape index (κ3) is 4.81. The van der Waals surface area contributed by atoms with Gasteiger partial charge in [0, 0.05) is 12.1 Å². The maximum absolute atomic E-state index is 5.29. The Balaban J connectivity index is 2.11. The first kappa shape index (κ1) is 13.3. The van der Waals surface area contributed by atoms with Gasteiger partial charge in [-0.15, -0.1) is 0 Å². The van der Waals surface area contributed by atoms with Crippen LogP contribution in [0, 0.1) is 6.92 Å². The van der Waals surface area contributed by atoms with E-state index in [0.717, 1.165) is 25.4 Å². The SMILES string of the molecule is CNCCCCCN(C)Cc1ccoc1C. The first-order valence-electron chi connectivity index (χ1n) is 6.10. The largest absolute Gasteiger partial charge is 0.469 e. The molecule has 1 aromatic rings. The predicted molar refractivity (Wildman–Crippen MR) is 67.6 cm³/mol. The minimum absolute atomic E-state index is 0.994. The molecule has 0 atom stereocenters. The Morgan fingerprint density at radius 2 is 2.12 bits per heavy atom. The molecule has 92 valence electrons. The molecule has 0 amide bonds. The molecule has 0 aliphatic heterocycles. The molecule has 0 bridgehead atoms. The number of aryl methyl sites for hydroxylation is 1. The third-order valence-corrected chi connectivity index (χ3v) is 2.87. The van der Waals surface area contributed by atoms with Crippen LogP contribution in [-0.2, 0) is 6.54 Å². The molecular formula is C13H24N2O. The van der Waals surface area contributed by atoms with E-state index < -0.39 is 0 Å². The Morgan fingerprint density at radius 1 is 1.31 bits per heavy atom. The molecular weight excluding hydrogens is 200 g/mol. The quantitative estimate of drug-likeness (QED) is 0.687. The van der Waals surface area contributed by atoms with Gasteiger partial charge in [-0.25, -0.2) is 0 Å². The molecule has 16 heavy (non-hydrogen) atoms. The molecule has 1 rings (SSSR count). The van der Waals surface area contributed by atoms with Gasteiger partial charge in [0.2, 0.25) is 0 Å². The van der Waals surface area contributed by atoms with E-state index in [-0.39, 0.29) is 0 Å². The number of rotatable bonds is 8. The van der Waals surface area contributed by atoms with Gasteiger partial charge >= 0.3 is 0 Å². The molecule has 0 saturated carbocycles. The summed E-state index contributed by atoms with van der Waals surface area (Å²) in [5, 5.41) is 3.17. The summed E-state index contributed by atoms with van der Waals surface area (Å²) in [7, 11) is 4.18. The summed E-state index contributed by atoms with van der Waals surface area (Å²) in [6.07, 6.45) is 5.62. The monoisotopic (exact) mass is 224 g/mol. The Labute approximate surface area is 98.8 Å². The van der Waals surface area contributed by atoms with Crippen LogP contribution in [0.1, 0.15) is 30.6 Å². The van der Waals surface area contributed by atoms with Crippen molar-refractivity contribution < 1.29 is 4.42 Å². The van der Waals surface area contributed by atoms with Gasteiger partial charge in [-0.1, -0.05) is 6.42 Å². The lowest BCUT2D eigenvalue weighted by Crippen LogP contribution is -2.19. The molecule has 0 radical (unpaired) electrons. The van der Waals surface area contributed by atoms with Crippen molar-refractivity contribution in [1.29, 1.82) is 0 Å².